The van der Waals surface area contributed by atoms with E-state index in [4.69, 9.17) is 4.74 Å². The van der Waals surface area contributed by atoms with E-state index in [1.807, 2.05) is 37.3 Å². The first-order valence-corrected chi connectivity index (χ1v) is 12.0. The third-order valence-corrected chi connectivity index (χ3v) is 7.30. The van der Waals surface area contributed by atoms with Gasteiger partial charge in [-0.3, -0.25) is 9.59 Å². The minimum absolute atomic E-state index is 0.0487. The Morgan fingerprint density at radius 2 is 1.97 bits per heavy atom. The van der Waals surface area contributed by atoms with E-state index in [0.717, 1.165) is 55.4 Å². The molecule has 0 spiro atoms. The summed E-state index contributed by atoms with van der Waals surface area (Å²) < 4.78 is 5.39. The smallest absolute Gasteiger partial charge is 0.264 e. The number of fused-ring (bicyclic) bond motifs is 1. The standard InChI is InChI=1S/C24H31N3O3S/c1-3-26(24(29)22-15-18-14-17(2)4-9-21(18)31-22)16-23(28)25-19-5-7-20(8-6-19)27-10-12-30-13-11-27/h5-8,15,17H,3-4,9-14,16H2,1-2H3,(H,25,28). The summed E-state index contributed by atoms with van der Waals surface area (Å²) in [6.07, 6.45) is 3.29. The summed E-state index contributed by atoms with van der Waals surface area (Å²) in [5, 5.41) is 2.93. The number of amides is 2. The first kappa shape index (κ1) is 21.8. The van der Waals surface area contributed by atoms with Gasteiger partial charge in [-0.1, -0.05) is 6.92 Å². The van der Waals surface area contributed by atoms with Crippen molar-refractivity contribution in [2.75, 3.05) is 49.6 Å². The first-order valence-electron chi connectivity index (χ1n) is 11.2. The lowest BCUT2D eigenvalue weighted by atomic mass is 9.90. The Hall–Kier alpha value is -2.38. The zero-order valence-corrected chi connectivity index (χ0v) is 19.2. The number of likely N-dealkylation sites (N-methyl/N-ethyl adjacent to an activating group) is 1. The highest BCUT2D eigenvalue weighted by Gasteiger charge is 2.24. The number of aryl methyl sites for hydroxylation is 1. The van der Waals surface area contributed by atoms with E-state index in [2.05, 4.69) is 17.1 Å². The van der Waals surface area contributed by atoms with E-state index in [-0.39, 0.29) is 18.4 Å². The monoisotopic (exact) mass is 441 g/mol. The second-order valence-corrected chi connectivity index (χ2v) is 9.56. The fraction of sp³-hybridized carbons (Fsp3) is 0.500. The van der Waals surface area contributed by atoms with Crippen LogP contribution in [0.5, 0.6) is 0 Å². The molecule has 7 heteroatoms. The molecule has 1 fully saturated rings. The Morgan fingerprint density at radius 3 is 2.68 bits per heavy atom. The van der Waals surface area contributed by atoms with Crippen molar-refractivity contribution in [2.24, 2.45) is 5.92 Å². The summed E-state index contributed by atoms with van der Waals surface area (Å²) in [5.41, 5.74) is 3.18. The number of ether oxygens (including phenoxy) is 1. The Kier molecular flexibility index (Phi) is 6.92. The van der Waals surface area contributed by atoms with E-state index in [0.29, 0.717) is 12.5 Å². The van der Waals surface area contributed by atoms with Crippen LogP contribution in [-0.4, -0.2) is 56.1 Å². The number of hydrogen-bond donors (Lipinski definition) is 1. The van der Waals surface area contributed by atoms with Gasteiger partial charge in [0.2, 0.25) is 5.91 Å². The molecule has 2 amide bonds. The molecule has 1 aliphatic heterocycles. The number of hydrogen-bond acceptors (Lipinski definition) is 5. The summed E-state index contributed by atoms with van der Waals surface area (Å²) in [4.78, 5) is 31.6. The number of anilines is 2. The molecule has 2 aliphatic rings. The number of carbonyl (C=O) groups excluding carboxylic acids is 2. The fourth-order valence-corrected chi connectivity index (χ4v) is 5.42. The highest BCUT2D eigenvalue weighted by atomic mass is 32.1. The van der Waals surface area contributed by atoms with Crippen molar-refractivity contribution in [3.8, 4) is 0 Å². The Labute approximate surface area is 188 Å². The minimum atomic E-state index is -0.177. The lowest BCUT2D eigenvalue weighted by Gasteiger charge is -2.29. The molecule has 1 aromatic carbocycles. The van der Waals surface area contributed by atoms with E-state index in [1.165, 1.54) is 16.9 Å². The molecule has 6 nitrogen and oxygen atoms in total. The summed E-state index contributed by atoms with van der Waals surface area (Å²) in [6, 6.07) is 9.90. The zero-order valence-electron chi connectivity index (χ0n) is 18.4. The molecule has 1 saturated heterocycles. The number of nitrogens with one attached hydrogen (secondary N) is 1. The van der Waals surface area contributed by atoms with Gasteiger partial charge >= 0.3 is 0 Å². The van der Waals surface area contributed by atoms with Crippen molar-refractivity contribution in [1.82, 2.24) is 4.90 Å². The Morgan fingerprint density at radius 1 is 1.23 bits per heavy atom. The van der Waals surface area contributed by atoms with E-state index in [1.54, 1.807) is 16.2 Å². The van der Waals surface area contributed by atoms with E-state index < -0.39 is 0 Å². The van der Waals surface area contributed by atoms with Gasteiger partial charge in [0.1, 0.15) is 6.54 Å². The van der Waals surface area contributed by atoms with Crippen LogP contribution in [0.1, 0.15) is 40.4 Å². The van der Waals surface area contributed by atoms with Crippen LogP contribution in [0, 0.1) is 5.92 Å². The number of nitrogens with zero attached hydrogens (tertiary/aromatic N) is 2. The fourth-order valence-electron chi connectivity index (χ4n) is 4.25. The second-order valence-electron chi connectivity index (χ2n) is 8.42. The predicted octanol–water partition coefficient (Wildman–Crippen LogP) is 3.81. The third kappa shape index (κ3) is 5.28. The number of carbonyl (C=O) groups is 2. The lowest BCUT2D eigenvalue weighted by molar-refractivity contribution is -0.116. The molecule has 2 aromatic rings. The number of morpholine rings is 1. The molecule has 31 heavy (non-hydrogen) atoms. The largest absolute Gasteiger partial charge is 0.378 e. The molecule has 1 atom stereocenters. The number of thiophene rings is 1. The molecule has 4 rings (SSSR count). The van der Waals surface area contributed by atoms with Gasteiger partial charge in [-0.2, -0.15) is 0 Å². The van der Waals surface area contributed by atoms with Crippen molar-refractivity contribution >= 4 is 34.5 Å². The van der Waals surface area contributed by atoms with E-state index in [9.17, 15) is 9.59 Å². The highest BCUT2D eigenvalue weighted by molar-refractivity contribution is 7.14. The number of benzene rings is 1. The number of rotatable bonds is 6. The van der Waals surface area contributed by atoms with Crippen LogP contribution in [0.3, 0.4) is 0 Å². The van der Waals surface area contributed by atoms with Crippen LogP contribution >= 0.6 is 11.3 Å². The van der Waals surface area contributed by atoms with Crippen molar-refractivity contribution in [2.45, 2.75) is 33.1 Å². The molecule has 2 heterocycles. The quantitative estimate of drug-likeness (QED) is 0.741. The van der Waals surface area contributed by atoms with Gasteiger partial charge in [-0.15, -0.1) is 11.3 Å². The van der Waals surface area contributed by atoms with Crippen LogP contribution in [0.4, 0.5) is 11.4 Å². The molecule has 1 aliphatic carbocycles. The van der Waals surface area contributed by atoms with Gasteiger partial charge in [-0.25, -0.2) is 0 Å². The lowest BCUT2D eigenvalue weighted by Crippen LogP contribution is -2.37. The summed E-state index contributed by atoms with van der Waals surface area (Å²) >= 11 is 1.60. The second kappa shape index (κ2) is 9.83. The van der Waals surface area contributed by atoms with Gasteiger partial charge in [0.25, 0.3) is 5.91 Å². The van der Waals surface area contributed by atoms with Gasteiger partial charge in [0.05, 0.1) is 18.1 Å². The average Bonchev–Trinajstić information content (AvgIpc) is 3.21. The van der Waals surface area contributed by atoms with Gasteiger partial charge in [0, 0.05) is 35.9 Å². The third-order valence-electron chi connectivity index (χ3n) is 6.07. The molecule has 0 bridgehead atoms. The van der Waals surface area contributed by atoms with Crippen LogP contribution in [0.25, 0.3) is 0 Å². The van der Waals surface area contributed by atoms with E-state index >= 15 is 0 Å². The van der Waals surface area contributed by atoms with Crippen LogP contribution in [-0.2, 0) is 22.4 Å². The van der Waals surface area contributed by atoms with Gasteiger partial charge < -0.3 is 19.9 Å². The summed E-state index contributed by atoms with van der Waals surface area (Å²) in [7, 11) is 0. The molecular weight excluding hydrogens is 410 g/mol. The molecule has 1 unspecified atom stereocenters. The maximum absolute atomic E-state index is 13.0. The van der Waals surface area contributed by atoms with Crippen LogP contribution in [0.2, 0.25) is 0 Å². The maximum atomic E-state index is 13.0. The van der Waals surface area contributed by atoms with Crippen molar-refractivity contribution in [1.29, 1.82) is 0 Å². The Bertz CT molecular complexity index is 919. The van der Waals surface area contributed by atoms with Crippen molar-refractivity contribution in [3.63, 3.8) is 0 Å². The minimum Gasteiger partial charge on any atom is -0.378 e. The zero-order chi connectivity index (χ0) is 21.8. The molecule has 0 saturated carbocycles. The Balaban J connectivity index is 1.35. The van der Waals surface area contributed by atoms with Gasteiger partial charge in [0.15, 0.2) is 0 Å². The molecular formula is C24H31N3O3S. The van der Waals surface area contributed by atoms with Gasteiger partial charge in [-0.05, 0) is 68.0 Å². The molecule has 1 N–H and O–H groups in total. The summed E-state index contributed by atoms with van der Waals surface area (Å²) in [5.74, 6) is 0.448. The molecule has 166 valence electrons. The van der Waals surface area contributed by atoms with Crippen molar-refractivity contribution < 1.29 is 14.3 Å². The SMILES string of the molecule is CCN(CC(=O)Nc1ccc(N2CCOCC2)cc1)C(=O)c1cc2c(s1)CCC(C)C2. The maximum Gasteiger partial charge on any atom is 0.264 e. The average molecular weight is 442 g/mol. The predicted molar refractivity (Wildman–Crippen MR) is 125 cm³/mol. The van der Waals surface area contributed by atoms with Crippen LogP contribution < -0.4 is 10.2 Å². The topological polar surface area (TPSA) is 61.9 Å². The normalized spacial score (nSPS) is 18.4. The van der Waals surface area contributed by atoms with Crippen molar-refractivity contribution in [3.05, 3.63) is 45.6 Å². The molecule has 0 radical (unpaired) electrons. The molecule has 1 aromatic heterocycles. The highest BCUT2D eigenvalue weighted by Crippen LogP contribution is 2.32. The first-order chi connectivity index (χ1) is 15.0. The summed E-state index contributed by atoms with van der Waals surface area (Å²) in [6.45, 7) is 7.97. The van der Waals surface area contributed by atoms with Crippen LogP contribution in [0.15, 0.2) is 30.3 Å².